The molecule has 2 heterocycles. The van der Waals surface area contributed by atoms with E-state index >= 15 is 0 Å². The largest absolute Gasteiger partial charge is 0.396 e. The molecule has 5 heteroatoms. The number of hydrogen-bond acceptors (Lipinski definition) is 4. The molecule has 1 amide bonds. The van der Waals surface area contributed by atoms with Crippen molar-refractivity contribution >= 4 is 17.4 Å². The van der Waals surface area contributed by atoms with Crippen molar-refractivity contribution in [2.45, 2.75) is 26.2 Å². The van der Waals surface area contributed by atoms with E-state index in [1.165, 1.54) is 0 Å². The van der Waals surface area contributed by atoms with E-state index in [-0.39, 0.29) is 18.4 Å². The normalized spacial score (nSPS) is 15.2. The molecule has 0 unspecified atom stereocenters. The van der Waals surface area contributed by atoms with Crippen LogP contribution in [0, 0.1) is 12.8 Å². The second-order valence-corrected chi connectivity index (χ2v) is 6.61. The van der Waals surface area contributed by atoms with Gasteiger partial charge in [0, 0.05) is 37.5 Å². The number of amides is 1. The number of anilines is 2. The van der Waals surface area contributed by atoms with E-state index in [1.54, 1.807) is 0 Å². The van der Waals surface area contributed by atoms with Crippen molar-refractivity contribution in [3.05, 3.63) is 53.7 Å². The molecule has 0 aliphatic carbocycles. The van der Waals surface area contributed by atoms with Crippen molar-refractivity contribution in [2.24, 2.45) is 5.92 Å². The first-order valence-corrected chi connectivity index (χ1v) is 8.84. The standard InChI is InChI=1S/C20H25N3O2/c1-15-2-7-19(21-14-15)23-11-8-17(9-12-23)20(25)22-18-5-3-16(4-6-18)10-13-24/h2-7,14,17,24H,8-13H2,1H3,(H,22,25). The minimum atomic E-state index is 0.0406. The number of carbonyl (C=O) groups is 1. The quantitative estimate of drug-likeness (QED) is 0.879. The molecule has 0 spiro atoms. The topological polar surface area (TPSA) is 65.5 Å². The van der Waals surface area contributed by atoms with Gasteiger partial charge in [0.2, 0.25) is 5.91 Å². The summed E-state index contributed by atoms with van der Waals surface area (Å²) in [6.07, 6.45) is 4.20. The zero-order valence-corrected chi connectivity index (χ0v) is 14.6. The summed E-state index contributed by atoms with van der Waals surface area (Å²) in [7, 11) is 0. The summed E-state index contributed by atoms with van der Waals surface area (Å²) in [6, 6.07) is 11.8. The smallest absolute Gasteiger partial charge is 0.227 e. The van der Waals surface area contributed by atoms with E-state index in [2.05, 4.69) is 21.3 Å². The average molecular weight is 339 g/mol. The average Bonchev–Trinajstić information content (AvgIpc) is 2.64. The second kappa shape index (κ2) is 8.12. The van der Waals surface area contributed by atoms with Crippen molar-refractivity contribution in [3.8, 4) is 0 Å². The SMILES string of the molecule is Cc1ccc(N2CCC(C(=O)Nc3ccc(CCO)cc3)CC2)nc1. The third-order valence-electron chi connectivity index (χ3n) is 4.71. The highest BCUT2D eigenvalue weighted by atomic mass is 16.3. The summed E-state index contributed by atoms with van der Waals surface area (Å²) in [6.45, 7) is 3.87. The van der Waals surface area contributed by atoms with Crippen molar-refractivity contribution < 1.29 is 9.90 Å². The molecule has 1 aromatic carbocycles. The molecule has 1 saturated heterocycles. The van der Waals surface area contributed by atoms with E-state index in [0.717, 1.165) is 48.6 Å². The van der Waals surface area contributed by atoms with Crippen LogP contribution in [0.2, 0.25) is 0 Å². The molecule has 1 aromatic heterocycles. The Bertz CT molecular complexity index is 690. The predicted octanol–water partition coefficient (Wildman–Crippen LogP) is 2.78. The molecule has 1 fully saturated rings. The summed E-state index contributed by atoms with van der Waals surface area (Å²) >= 11 is 0. The van der Waals surface area contributed by atoms with Crippen LogP contribution in [0.25, 0.3) is 0 Å². The zero-order valence-electron chi connectivity index (χ0n) is 14.6. The highest BCUT2D eigenvalue weighted by molar-refractivity contribution is 5.92. The van der Waals surface area contributed by atoms with Crippen molar-refractivity contribution in [2.75, 3.05) is 29.9 Å². The summed E-state index contributed by atoms with van der Waals surface area (Å²) in [4.78, 5) is 19.2. The Kier molecular flexibility index (Phi) is 5.66. The van der Waals surface area contributed by atoms with Crippen LogP contribution in [0.4, 0.5) is 11.5 Å². The summed E-state index contributed by atoms with van der Waals surface area (Å²) in [5.74, 6) is 1.12. The molecule has 132 valence electrons. The molecule has 0 bridgehead atoms. The lowest BCUT2D eigenvalue weighted by atomic mass is 9.95. The molecule has 0 atom stereocenters. The number of nitrogens with zero attached hydrogens (tertiary/aromatic N) is 2. The van der Waals surface area contributed by atoms with Gasteiger partial charge < -0.3 is 15.3 Å². The molecule has 2 N–H and O–H groups in total. The van der Waals surface area contributed by atoms with Gasteiger partial charge in [-0.2, -0.15) is 0 Å². The fourth-order valence-electron chi connectivity index (χ4n) is 3.15. The molecule has 1 aliphatic heterocycles. The Balaban J connectivity index is 1.51. The Labute approximate surface area is 148 Å². The number of piperidine rings is 1. The maximum absolute atomic E-state index is 12.5. The van der Waals surface area contributed by atoms with Gasteiger partial charge in [-0.3, -0.25) is 4.79 Å². The highest BCUT2D eigenvalue weighted by Gasteiger charge is 2.25. The van der Waals surface area contributed by atoms with Gasteiger partial charge in [0.1, 0.15) is 5.82 Å². The van der Waals surface area contributed by atoms with Crippen LogP contribution < -0.4 is 10.2 Å². The minimum absolute atomic E-state index is 0.0406. The number of aliphatic hydroxyl groups is 1. The molecule has 5 nitrogen and oxygen atoms in total. The molecule has 1 aliphatic rings. The van der Waals surface area contributed by atoms with Gasteiger partial charge in [0.15, 0.2) is 0 Å². The number of pyridine rings is 1. The first-order valence-electron chi connectivity index (χ1n) is 8.84. The molecular weight excluding hydrogens is 314 g/mol. The van der Waals surface area contributed by atoms with E-state index in [9.17, 15) is 4.79 Å². The first kappa shape index (κ1) is 17.4. The van der Waals surface area contributed by atoms with Crippen LogP contribution in [0.3, 0.4) is 0 Å². The van der Waals surface area contributed by atoms with E-state index in [4.69, 9.17) is 5.11 Å². The van der Waals surface area contributed by atoms with Crippen molar-refractivity contribution in [1.82, 2.24) is 4.98 Å². The van der Waals surface area contributed by atoms with E-state index in [0.29, 0.717) is 6.42 Å². The fraction of sp³-hybridized carbons (Fsp3) is 0.400. The fourth-order valence-corrected chi connectivity index (χ4v) is 3.15. The number of aliphatic hydroxyl groups excluding tert-OH is 1. The summed E-state index contributed by atoms with van der Waals surface area (Å²) in [5.41, 5.74) is 3.04. The van der Waals surface area contributed by atoms with Crippen LogP contribution in [-0.2, 0) is 11.2 Å². The third kappa shape index (κ3) is 4.57. The minimum Gasteiger partial charge on any atom is -0.396 e. The number of aryl methyl sites for hydroxylation is 1. The van der Waals surface area contributed by atoms with Gasteiger partial charge in [-0.15, -0.1) is 0 Å². The van der Waals surface area contributed by atoms with Gasteiger partial charge >= 0.3 is 0 Å². The number of aromatic nitrogens is 1. The molecule has 0 radical (unpaired) electrons. The number of benzene rings is 1. The van der Waals surface area contributed by atoms with Gasteiger partial charge in [-0.1, -0.05) is 18.2 Å². The van der Waals surface area contributed by atoms with Gasteiger partial charge in [0.05, 0.1) is 0 Å². The maximum Gasteiger partial charge on any atom is 0.227 e. The lowest BCUT2D eigenvalue weighted by molar-refractivity contribution is -0.120. The van der Waals surface area contributed by atoms with Crippen molar-refractivity contribution in [3.63, 3.8) is 0 Å². The van der Waals surface area contributed by atoms with Crippen LogP contribution in [0.5, 0.6) is 0 Å². The molecule has 0 saturated carbocycles. The molecule has 3 rings (SSSR count). The van der Waals surface area contributed by atoms with Crippen LogP contribution >= 0.6 is 0 Å². The highest BCUT2D eigenvalue weighted by Crippen LogP contribution is 2.23. The van der Waals surface area contributed by atoms with Gasteiger partial charge in [-0.05, 0) is 55.5 Å². The first-order chi connectivity index (χ1) is 12.2. The number of carbonyl (C=O) groups excluding carboxylic acids is 1. The predicted molar refractivity (Wildman–Crippen MR) is 99.8 cm³/mol. The van der Waals surface area contributed by atoms with E-state index < -0.39 is 0 Å². The summed E-state index contributed by atoms with van der Waals surface area (Å²) in [5, 5.41) is 12.0. The Morgan fingerprint density at radius 1 is 1.20 bits per heavy atom. The zero-order chi connectivity index (χ0) is 17.6. The Morgan fingerprint density at radius 2 is 1.92 bits per heavy atom. The lowest BCUT2D eigenvalue weighted by Crippen LogP contribution is -2.38. The lowest BCUT2D eigenvalue weighted by Gasteiger charge is -2.32. The molecule has 25 heavy (non-hydrogen) atoms. The van der Waals surface area contributed by atoms with Crippen LogP contribution in [0.15, 0.2) is 42.6 Å². The Morgan fingerprint density at radius 3 is 2.52 bits per heavy atom. The Hall–Kier alpha value is -2.40. The maximum atomic E-state index is 12.5. The summed E-state index contributed by atoms with van der Waals surface area (Å²) < 4.78 is 0. The molecule has 2 aromatic rings. The second-order valence-electron chi connectivity index (χ2n) is 6.61. The van der Waals surface area contributed by atoms with Crippen LogP contribution in [-0.4, -0.2) is 35.7 Å². The van der Waals surface area contributed by atoms with Crippen LogP contribution in [0.1, 0.15) is 24.0 Å². The third-order valence-corrected chi connectivity index (χ3v) is 4.71. The number of nitrogens with one attached hydrogen (secondary N) is 1. The number of hydrogen-bond donors (Lipinski definition) is 2. The van der Waals surface area contributed by atoms with E-state index in [1.807, 2.05) is 43.5 Å². The van der Waals surface area contributed by atoms with Gasteiger partial charge in [-0.25, -0.2) is 4.98 Å². The number of rotatable bonds is 5. The monoisotopic (exact) mass is 339 g/mol. The molecular formula is C20H25N3O2. The van der Waals surface area contributed by atoms with Crippen molar-refractivity contribution in [1.29, 1.82) is 0 Å². The van der Waals surface area contributed by atoms with Gasteiger partial charge in [0.25, 0.3) is 0 Å².